The number of benzene rings is 1. The second-order valence-electron chi connectivity index (χ2n) is 7.01. The number of hydrogen-bond donors (Lipinski definition) is 2. The van der Waals surface area contributed by atoms with Gasteiger partial charge in [-0.1, -0.05) is 0 Å². The predicted octanol–water partition coefficient (Wildman–Crippen LogP) is 4.07. The number of fused-ring (bicyclic) bond motifs is 1. The Kier molecular flexibility index (Phi) is 4.68. The van der Waals surface area contributed by atoms with E-state index in [-0.39, 0.29) is 28.7 Å². The van der Waals surface area contributed by atoms with Crippen LogP contribution in [0.25, 0.3) is 22.2 Å². The first-order valence-electron chi connectivity index (χ1n) is 9.38. The lowest BCUT2D eigenvalue weighted by atomic mass is 9.98. The molecule has 0 bridgehead atoms. The third kappa shape index (κ3) is 3.64. The van der Waals surface area contributed by atoms with E-state index in [4.69, 9.17) is 0 Å². The van der Waals surface area contributed by atoms with Crippen LogP contribution in [0, 0.1) is 0 Å². The van der Waals surface area contributed by atoms with Crippen LogP contribution in [0.2, 0.25) is 0 Å². The summed E-state index contributed by atoms with van der Waals surface area (Å²) in [5, 5.41) is 10.5. The number of rotatable bonds is 5. The lowest BCUT2D eigenvalue weighted by Gasteiger charge is -2.16. The van der Waals surface area contributed by atoms with Crippen molar-refractivity contribution in [1.82, 2.24) is 20.1 Å². The van der Waals surface area contributed by atoms with Crippen molar-refractivity contribution in [3.8, 4) is 11.3 Å². The molecule has 0 spiro atoms. The number of alkyl halides is 3. The van der Waals surface area contributed by atoms with Gasteiger partial charge in [-0.2, -0.15) is 18.3 Å². The molecule has 2 N–H and O–H groups in total. The van der Waals surface area contributed by atoms with Crippen molar-refractivity contribution >= 4 is 22.5 Å². The lowest BCUT2D eigenvalue weighted by molar-refractivity contribution is -0.137. The molecule has 1 aliphatic rings. The predicted molar refractivity (Wildman–Crippen MR) is 104 cm³/mol. The van der Waals surface area contributed by atoms with E-state index in [2.05, 4.69) is 20.7 Å². The summed E-state index contributed by atoms with van der Waals surface area (Å²) >= 11 is 0. The van der Waals surface area contributed by atoms with E-state index in [1.807, 2.05) is 6.92 Å². The smallest absolute Gasteiger partial charge is 0.387 e. The van der Waals surface area contributed by atoms with Crippen LogP contribution in [0.3, 0.4) is 0 Å². The number of aromatic nitrogens is 3. The van der Waals surface area contributed by atoms with Crippen molar-refractivity contribution in [2.24, 2.45) is 0 Å². The lowest BCUT2D eigenvalue weighted by Crippen LogP contribution is -2.26. The van der Waals surface area contributed by atoms with E-state index in [0.29, 0.717) is 23.2 Å². The molecule has 0 radical (unpaired) electrons. The molecule has 2 heterocycles. The number of pyridine rings is 1. The zero-order valence-electron chi connectivity index (χ0n) is 16.0. The van der Waals surface area contributed by atoms with Gasteiger partial charge in [-0.15, -0.1) is 0 Å². The van der Waals surface area contributed by atoms with Crippen LogP contribution in [0.15, 0.2) is 30.6 Å². The minimum atomic E-state index is -4.57. The van der Waals surface area contributed by atoms with E-state index >= 15 is 0 Å². The summed E-state index contributed by atoms with van der Waals surface area (Å²) in [5.41, 5.74) is 0.264. The standard InChI is InChI=1S/C20H20F3N5O/c1-3-28-7-6-16(27-28)12-8-13-17(9-15(12)20(21,22)23)25-10-14(18(13)24-2)19(29)26-11-4-5-11/h6-11H,3-5H2,1-2H3,(H,24,25)(H,26,29). The fraction of sp³-hybridized carbons (Fsp3) is 0.350. The highest BCUT2D eigenvalue weighted by molar-refractivity contribution is 6.08. The van der Waals surface area contributed by atoms with Crippen LogP contribution < -0.4 is 10.6 Å². The Morgan fingerprint density at radius 2 is 2.07 bits per heavy atom. The maximum absolute atomic E-state index is 13.7. The monoisotopic (exact) mass is 403 g/mol. The Morgan fingerprint density at radius 1 is 1.31 bits per heavy atom. The van der Waals surface area contributed by atoms with Crippen molar-refractivity contribution in [3.05, 3.63) is 41.7 Å². The van der Waals surface area contributed by atoms with Crippen molar-refractivity contribution in [1.29, 1.82) is 0 Å². The summed E-state index contributed by atoms with van der Waals surface area (Å²) in [6, 6.07) is 4.13. The maximum atomic E-state index is 13.7. The van der Waals surface area contributed by atoms with Crippen LogP contribution >= 0.6 is 0 Å². The van der Waals surface area contributed by atoms with Crippen LogP contribution in [0.1, 0.15) is 35.7 Å². The zero-order chi connectivity index (χ0) is 20.8. The van der Waals surface area contributed by atoms with Crippen molar-refractivity contribution < 1.29 is 18.0 Å². The first-order chi connectivity index (χ1) is 13.8. The Balaban J connectivity index is 1.92. The van der Waals surface area contributed by atoms with Gasteiger partial charge in [0.1, 0.15) is 0 Å². The molecule has 0 atom stereocenters. The molecule has 0 saturated heterocycles. The third-order valence-electron chi connectivity index (χ3n) is 4.96. The number of aryl methyl sites for hydroxylation is 1. The summed E-state index contributed by atoms with van der Waals surface area (Å²) in [6.45, 7) is 2.40. The summed E-state index contributed by atoms with van der Waals surface area (Å²) in [4.78, 5) is 16.7. The number of halogens is 3. The number of carbonyl (C=O) groups is 1. The number of anilines is 1. The molecule has 152 valence electrons. The minimum Gasteiger partial charge on any atom is -0.387 e. The van der Waals surface area contributed by atoms with E-state index in [0.717, 1.165) is 18.9 Å². The second-order valence-corrected chi connectivity index (χ2v) is 7.01. The minimum absolute atomic E-state index is 0.0461. The Hall–Kier alpha value is -3.10. The van der Waals surface area contributed by atoms with Crippen LogP contribution in [-0.2, 0) is 12.7 Å². The topological polar surface area (TPSA) is 71.8 Å². The summed E-state index contributed by atoms with van der Waals surface area (Å²) in [6.07, 6.45) is 0.249. The molecule has 1 aliphatic carbocycles. The number of amides is 1. The van der Waals surface area contributed by atoms with Gasteiger partial charge in [0.2, 0.25) is 0 Å². The first-order valence-corrected chi connectivity index (χ1v) is 9.38. The second kappa shape index (κ2) is 7.06. The molecule has 29 heavy (non-hydrogen) atoms. The summed E-state index contributed by atoms with van der Waals surface area (Å²) in [5.74, 6) is -0.289. The average molecular weight is 403 g/mol. The van der Waals surface area contributed by atoms with Crippen LogP contribution in [0.4, 0.5) is 18.9 Å². The molecule has 1 saturated carbocycles. The van der Waals surface area contributed by atoms with Gasteiger partial charge in [-0.25, -0.2) is 0 Å². The molecule has 1 aromatic carbocycles. The average Bonchev–Trinajstić information content (AvgIpc) is 3.37. The largest absolute Gasteiger partial charge is 0.417 e. The SMILES string of the molecule is CCn1ccc(-c2cc3c(NC)c(C(=O)NC4CC4)cnc3cc2C(F)(F)F)n1. The molecule has 9 heteroatoms. The highest BCUT2D eigenvalue weighted by Crippen LogP contribution is 2.40. The van der Waals surface area contributed by atoms with Crippen molar-refractivity contribution in [2.75, 3.05) is 12.4 Å². The van der Waals surface area contributed by atoms with Gasteiger partial charge in [0.05, 0.1) is 28.0 Å². The van der Waals surface area contributed by atoms with Crippen molar-refractivity contribution in [3.63, 3.8) is 0 Å². The molecule has 1 amide bonds. The number of nitrogens with one attached hydrogen (secondary N) is 2. The Bertz CT molecular complexity index is 1090. The summed E-state index contributed by atoms with van der Waals surface area (Å²) < 4.78 is 42.8. The van der Waals surface area contributed by atoms with E-state index < -0.39 is 11.7 Å². The molecule has 3 aromatic rings. The zero-order valence-corrected chi connectivity index (χ0v) is 16.0. The molecule has 1 fully saturated rings. The van der Waals surface area contributed by atoms with Gasteiger partial charge in [0, 0.05) is 43.0 Å². The van der Waals surface area contributed by atoms with Gasteiger partial charge in [-0.3, -0.25) is 14.5 Å². The van der Waals surface area contributed by atoms with E-state index in [1.54, 1.807) is 24.0 Å². The van der Waals surface area contributed by atoms with E-state index in [9.17, 15) is 18.0 Å². The molecular weight excluding hydrogens is 383 g/mol. The maximum Gasteiger partial charge on any atom is 0.417 e. The van der Waals surface area contributed by atoms with Gasteiger partial charge in [0.25, 0.3) is 5.91 Å². The first kappa shape index (κ1) is 19.2. The number of hydrogen-bond acceptors (Lipinski definition) is 4. The molecule has 0 aliphatic heterocycles. The molecule has 4 rings (SSSR count). The number of nitrogens with zero attached hydrogens (tertiary/aromatic N) is 3. The van der Waals surface area contributed by atoms with Gasteiger partial charge >= 0.3 is 6.18 Å². The molecule has 0 unspecified atom stereocenters. The van der Waals surface area contributed by atoms with Gasteiger partial charge in [-0.05, 0) is 38.0 Å². The van der Waals surface area contributed by atoms with Crippen LogP contribution in [0.5, 0.6) is 0 Å². The highest BCUT2D eigenvalue weighted by Gasteiger charge is 2.35. The molecular formula is C20H20F3N5O. The third-order valence-corrected chi connectivity index (χ3v) is 4.96. The van der Waals surface area contributed by atoms with E-state index in [1.165, 1.54) is 12.3 Å². The normalized spacial score (nSPS) is 14.2. The summed E-state index contributed by atoms with van der Waals surface area (Å²) in [7, 11) is 1.63. The Labute approximate surface area is 165 Å². The van der Waals surface area contributed by atoms with Gasteiger partial charge in [0.15, 0.2) is 0 Å². The van der Waals surface area contributed by atoms with Crippen molar-refractivity contribution in [2.45, 2.75) is 38.5 Å². The molecule has 6 nitrogen and oxygen atoms in total. The number of carbonyl (C=O) groups excluding carboxylic acids is 1. The molecule has 2 aromatic heterocycles. The van der Waals surface area contributed by atoms with Crippen LogP contribution in [-0.4, -0.2) is 33.8 Å². The highest BCUT2D eigenvalue weighted by atomic mass is 19.4. The Morgan fingerprint density at radius 3 is 2.66 bits per heavy atom. The fourth-order valence-corrected chi connectivity index (χ4v) is 3.30. The quantitative estimate of drug-likeness (QED) is 0.674. The van der Waals surface area contributed by atoms with Gasteiger partial charge < -0.3 is 10.6 Å². The fourth-order valence-electron chi connectivity index (χ4n) is 3.30.